The standard InChI is InChI=1S/C19H17N3S2/c1-13(21-22-19(20)23)17-12-16(14-8-4-2-5-9-14)18(24-17)15-10-6-3-7-11-15/h2-12H,1H3,(H3,20,22,23)/b21-13-. The Hall–Kier alpha value is -2.50. The molecule has 0 amide bonds. The van der Waals surface area contributed by atoms with Gasteiger partial charge in [0.15, 0.2) is 5.11 Å². The Morgan fingerprint density at radius 2 is 1.58 bits per heavy atom. The van der Waals surface area contributed by atoms with Gasteiger partial charge >= 0.3 is 0 Å². The summed E-state index contributed by atoms with van der Waals surface area (Å²) in [5, 5.41) is 4.41. The maximum absolute atomic E-state index is 5.45. The third-order valence-electron chi connectivity index (χ3n) is 3.54. The van der Waals surface area contributed by atoms with E-state index in [2.05, 4.69) is 65.1 Å². The third kappa shape index (κ3) is 3.69. The lowest BCUT2D eigenvalue weighted by atomic mass is 10.0. The van der Waals surface area contributed by atoms with Crippen molar-refractivity contribution in [2.45, 2.75) is 6.92 Å². The zero-order valence-corrected chi connectivity index (χ0v) is 14.8. The molecule has 5 heteroatoms. The van der Waals surface area contributed by atoms with E-state index in [0.29, 0.717) is 0 Å². The average molecular weight is 352 g/mol. The highest BCUT2D eigenvalue weighted by atomic mass is 32.1. The van der Waals surface area contributed by atoms with Crippen LogP contribution in [-0.4, -0.2) is 10.8 Å². The molecule has 0 fully saturated rings. The monoisotopic (exact) mass is 351 g/mol. The van der Waals surface area contributed by atoms with Crippen molar-refractivity contribution in [2.75, 3.05) is 0 Å². The predicted octanol–water partition coefficient (Wildman–Crippen LogP) is 4.64. The summed E-state index contributed by atoms with van der Waals surface area (Å²) >= 11 is 6.52. The second kappa shape index (κ2) is 7.38. The Kier molecular flexibility index (Phi) is 5.03. The molecular formula is C19H17N3S2. The van der Waals surface area contributed by atoms with E-state index in [1.54, 1.807) is 11.3 Å². The Bertz CT molecular complexity index is 811. The van der Waals surface area contributed by atoms with Crippen LogP contribution in [0.2, 0.25) is 0 Å². The highest BCUT2D eigenvalue weighted by Gasteiger charge is 2.14. The number of thiocarbonyl (C=S) groups is 1. The van der Waals surface area contributed by atoms with Gasteiger partial charge in [-0.3, -0.25) is 5.43 Å². The molecule has 3 N–H and O–H groups in total. The van der Waals surface area contributed by atoms with Crippen molar-refractivity contribution in [1.29, 1.82) is 0 Å². The number of nitrogens with two attached hydrogens (primary N) is 1. The summed E-state index contributed by atoms with van der Waals surface area (Å²) in [6, 6.07) is 22.9. The topological polar surface area (TPSA) is 50.4 Å². The summed E-state index contributed by atoms with van der Waals surface area (Å²) < 4.78 is 0. The molecule has 24 heavy (non-hydrogen) atoms. The van der Waals surface area contributed by atoms with Crippen LogP contribution in [0.1, 0.15) is 11.8 Å². The summed E-state index contributed by atoms with van der Waals surface area (Å²) in [7, 11) is 0. The van der Waals surface area contributed by atoms with Gasteiger partial charge in [-0.15, -0.1) is 11.3 Å². The molecule has 0 saturated heterocycles. The fourth-order valence-corrected chi connectivity index (χ4v) is 3.58. The van der Waals surface area contributed by atoms with Gasteiger partial charge in [0.2, 0.25) is 0 Å². The van der Waals surface area contributed by atoms with Crippen LogP contribution in [0.5, 0.6) is 0 Å². The molecular weight excluding hydrogens is 334 g/mol. The molecule has 3 rings (SSSR count). The van der Waals surface area contributed by atoms with Crippen LogP contribution in [0.3, 0.4) is 0 Å². The molecule has 3 nitrogen and oxygen atoms in total. The van der Waals surface area contributed by atoms with Gasteiger partial charge in [0.05, 0.1) is 10.6 Å². The van der Waals surface area contributed by atoms with Crippen LogP contribution in [0.4, 0.5) is 0 Å². The van der Waals surface area contributed by atoms with Gasteiger partial charge in [-0.1, -0.05) is 60.7 Å². The summed E-state index contributed by atoms with van der Waals surface area (Å²) in [4.78, 5) is 2.30. The molecule has 0 radical (unpaired) electrons. The Morgan fingerprint density at radius 1 is 1.00 bits per heavy atom. The van der Waals surface area contributed by atoms with Crippen molar-refractivity contribution in [3.05, 3.63) is 71.6 Å². The molecule has 3 aromatic rings. The van der Waals surface area contributed by atoms with Gasteiger partial charge in [0.1, 0.15) is 0 Å². The largest absolute Gasteiger partial charge is 0.375 e. The maximum Gasteiger partial charge on any atom is 0.184 e. The van der Waals surface area contributed by atoms with Gasteiger partial charge < -0.3 is 5.73 Å². The number of hydrogen-bond donors (Lipinski definition) is 2. The van der Waals surface area contributed by atoms with Gasteiger partial charge in [-0.25, -0.2) is 0 Å². The van der Waals surface area contributed by atoms with Crippen molar-refractivity contribution in [3.8, 4) is 21.6 Å². The Morgan fingerprint density at radius 3 is 2.17 bits per heavy atom. The van der Waals surface area contributed by atoms with E-state index in [-0.39, 0.29) is 5.11 Å². The molecule has 0 saturated carbocycles. The maximum atomic E-state index is 5.45. The number of hydrogen-bond acceptors (Lipinski definition) is 3. The minimum atomic E-state index is 0.164. The summed E-state index contributed by atoms with van der Waals surface area (Å²) in [6.07, 6.45) is 0. The van der Waals surface area contributed by atoms with Crippen molar-refractivity contribution in [1.82, 2.24) is 5.43 Å². The van der Waals surface area contributed by atoms with Crippen LogP contribution in [0.25, 0.3) is 21.6 Å². The highest BCUT2D eigenvalue weighted by Crippen LogP contribution is 2.39. The predicted molar refractivity (Wildman–Crippen MR) is 107 cm³/mol. The molecule has 2 aromatic carbocycles. The molecule has 1 heterocycles. The summed E-state index contributed by atoms with van der Waals surface area (Å²) in [5.74, 6) is 0. The minimum Gasteiger partial charge on any atom is -0.375 e. The van der Waals surface area contributed by atoms with Crippen molar-refractivity contribution in [3.63, 3.8) is 0 Å². The molecule has 0 unspecified atom stereocenters. The van der Waals surface area contributed by atoms with Crippen LogP contribution in [-0.2, 0) is 0 Å². The van der Waals surface area contributed by atoms with Gasteiger partial charge in [-0.05, 0) is 36.3 Å². The fraction of sp³-hybridized carbons (Fsp3) is 0.0526. The Labute approximate surface area is 150 Å². The van der Waals surface area contributed by atoms with Gasteiger partial charge in [0.25, 0.3) is 0 Å². The average Bonchev–Trinajstić information content (AvgIpc) is 3.06. The lowest BCUT2D eigenvalue weighted by Crippen LogP contribution is -2.25. The van der Waals surface area contributed by atoms with Crippen molar-refractivity contribution < 1.29 is 0 Å². The number of nitrogens with one attached hydrogen (secondary N) is 1. The lowest BCUT2D eigenvalue weighted by molar-refractivity contribution is 1.03. The number of thiophene rings is 1. The van der Waals surface area contributed by atoms with Crippen LogP contribution in [0, 0.1) is 0 Å². The fourth-order valence-electron chi connectivity index (χ4n) is 2.40. The quantitative estimate of drug-likeness (QED) is 0.409. The number of rotatable bonds is 4. The first-order valence-corrected chi connectivity index (χ1v) is 8.72. The van der Waals surface area contributed by atoms with Crippen molar-refractivity contribution >= 4 is 34.4 Å². The number of hydrazone groups is 1. The molecule has 0 spiro atoms. The Balaban J connectivity index is 2.10. The molecule has 0 aliphatic rings. The van der Waals surface area contributed by atoms with Crippen LogP contribution in [0.15, 0.2) is 71.8 Å². The molecule has 120 valence electrons. The van der Waals surface area contributed by atoms with Gasteiger partial charge in [0, 0.05) is 10.4 Å². The lowest BCUT2D eigenvalue weighted by Gasteiger charge is -2.03. The van der Waals surface area contributed by atoms with E-state index in [4.69, 9.17) is 18.0 Å². The first kappa shape index (κ1) is 16.4. The molecule has 0 atom stereocenters. The zero-order valence-electron chi connectivity index (χ0n) is 13.2. The van der Waals surface area contributed by atoms with E-state index in [0.717, 1.165) is 10.6 Å². The summed E-state index contributed by atoms with van der Waals surface area (Å²) in [6.45, 7) is 1.95. The first-order valence-electron chi connectivity index (χ1n) is 7.50. The minimum absolute atomic E-state index is 0.164. The number of nitrogens with zero attached hydrogens (tertiary/aromatic N) is 1. The van der Waals surface area contributed by atoms with E-state index < -0.39 is 0 Å². The number of benzene rings is 2. The first-order chi connectivity index (χ1) is 11.6. The molecule has 1 aromatic heterocycles. The second-order valence-electron chi connectivity index (χ2n) is 5.26. The van der Waals surface area contributed by atoms with Crippen LogP contribution >= 0.6 is 23.6 Å². The van der Waals surface area contributed by atoms with E-state index >= 15 is 0 Å². The summed E-state index contributed by atoms with van der Waals surface area (Å²) in [5.41, 5.74) is 12.5. The highest BCUT2D eigenvalue weighted by molar-refractivity contribution is 7.80. The van der Waals surface area contributed by atoms with E-state index in [9.17, 15) is 0 Å². The second-order valence-corrected chi connectivity index (χ2v) is 6.75. The van der Waals surface area contributed by atoms with Crippen LogP contribution < -0.4 is 11.2 Å². The molecule has 0 aliphatic heterocycles. The van der Waals surface area contributed by atoms with E-state index in [1.165, 1.54) is 21.6 Å². The van der Waals surface area contributed by atoms with Gasteiger partial charge in [-0.2, -0.15) is 5.10 Å². The van der Waals surface area contributed by atoms with Crippen molar-refractivity contribution in [2.24, 2.45) is 10.8 Å². The van der Waals surface area contributed by atoms with E-state index in [1.807, 2.05) is 19.1 Å². The zero-order chi connectivity index (χ0) is 16.9. The smallest absolute Gasteiger partial charge is 0.184 e. The third-order valence-corrected chi connectivity index (χ3v) is 4.93. The SMILES string of the molecule is C/C(=N/NC(N)=S)c1cc(-c2ccccc2)c(-c2ccccc2)s1. The molecule has 0 aliphatic carbocycles. The molecule has 0 bridgehead atoms. The normalized spacial score (nSPS) is 11.3.